The van der Waals surface area contributed by atoms with Crippen LogP contribution in [0.25, 0.3) is 0 Å². The van der Waals surface area contributed by atoms with Crippen LogP contribution in [0.1, 0.15) is 18.4 Å². The van der Waals surface area contributed by atoms with E-state index in [1.54, 1.807) is 15.8 Å². The maximum atomic E-state index is 12.0. The van der Waals surface area contributed by atoms with Crippen molar-refractivity contribution in [2.24, 2.45) is 5.92 Å². The second-order valence-corrected chi connectivity index (χ2v) is 5.14. The molecule has 0 radical (unpaired) electrons. The van der Waals surface area contributed by atoms with Gasteiger partial charge in [-0.05, 0) is 25.3 Å². The molecular formula is C13H20N4O3. The number of carbonyl (C=O) groups is 2. The molecule has 1 fully saturated rings. The Kier molecular flexibility index (Phi) is 4.60. The van der Waals surface area contributed by atoms with Crippen molar-refractivity contribution in [1.82, 2.24) is 20.0 Å². The van der Waals surface area contributed by atoms with Crippen LogP contribution in [-0.4, -0.2) is 51.4 Å². The molecular weight excluding hydrogens is 260 g/mol. The normalized spacial score (nSPS) is 18.9. The van der Waals surface area contributed by atoms with Gasteiger partial charge < -0.3 is 15.3 Å². The largest absolute Gasteiger partial charge is 0.481 e. The molecule has 0 aromatic carbocycles. The molecule has 0 bridgehead atoms. The van der Waals surface area contributed by atoms with Gasteiger partial charge in [-0.1, -0.05) is 0 Å². The number of urea groups is 1. The number of aromatic nitrogens is 2. The number of piperidine rings is 1. The van der Waals surface area contributed by atoms with Gasteiger partial charge in [0.1, 0.15) is 0 Å². The predicted octanol–water partition coefficient (Wildman–Crippen LogP) is 0.698. The molecule has 2 heterocycles. The summed E-state index contributed by atoms with van der Waals surface area (Å²) < 4.78 is 1.77. The number of nitrogens with zero attached hydrogens (tertiary/aromatic N) is 3. The molecule has 7 heteroatoms. The smallest absolute Gasteiger partial charge is 0.317 e. The summed E-state index contributed by atoms with van der Waals surface area (Å²) in [6.45, 7) is 3.96. The Morgan fingerprint density at radius 2 is 2.35 bits per heavy atom. The summed E-state index contributed by atoms with van der Waals surface area (Å²) in [4.78, 5) is 24.5. The summed E-state index contributed by atoms with van der Waals surface area (Å²) in [5.74, 6) is -1.27. The minimum Gasteiger partial charge on any atom is -0.481 e. The number of carboxylic acids is 1. The molecule has 0 aliphatic carbocycles. The quantitative estimate of drug-likeness (QED) is 0.849. The van der Waals surface area contributed by atoms with Gasteiger partial charge in [-0.3, -0.25) is 9.48 Å². The molecule has 7 nitrogen and oxygen atoms in total. The average molecular weight is 280 g/mol. The highest BCUT2D eigenvalue weighted by molar-refractivity contribution is 5.76. The van der Waals surface area contributed by atoms with Gasteiger partial charge in [0.05, 0.1) is 18.7 Å². The molecule has 0 unspecified atom stereocenters. The number of nitrogens with one attached hydrogen (secondary N) is 1. The van der Waals surface area contributed by atoms with Gasteiger partial charge >= 0.3 is 12.0 Å². The number of carboxylic acid groups (broad SMARTS) is 1. The van der Waals surface area contributed by atoms with E-state index >= 15 is 0 Å². The summed E-state index contributed by atoms with van der Waals surface area (Å²) in [6, 6.07) is -0.195. The van der Waals surface area contributed by atoms with E-state index in [0.29, 0.717) is 32.6 Å². The summed E-state index contributed by atoms with van der Waals surface area (Å²) >= 11 is 0. The average Bonchev–Trinajstić information content (AvgIpc) is 2.84. The van der Waals surface area contributed by atoms with Crippen molar-refractivity contribution in [1.29, 1.82) is 0 Å². The number of amides is 2. The minimum absolute atomic E-state index is 0.195. The van der Waals surface area contributed by atoms with Crippen molar-refractivity contribution in [3.63, 3.8) is 0 Å². The van der Waals surface area contributed by atoms with Crippen molar-refractivity contribution in [3.05, 3.63) is 18.0 Å². The Bertz CT molecular complexity index is 486. The first kappa shape index (κ1) is 14.4. The molecule has 0 saturated carbocycles. The zero-order valence-electron chi connectivity index (χ0n) is 11.6. The number of rotatable bonds is 4. The van der Waals surface area contributed by atoms with E-state index in [-0.39, 0.29) is 6.03 Å². The third kappa shape index (κ3) is 3.72. The summed E-state index contributed by atoms with van der Waals surface area (Å²) in [7, 11) is 0. The van der Waals surface area contributed by atoms with Gasteiger partial charge in [-0.15, -0.1) is 0 Å². The van der Waals surface area contributed by atoms with Gasteiger partial charge in [0.25, 0.3) is 0 Å². The highest BCUT2D eigenvalue weighted by Crippen LogP contribution is 2.16. The lowest BCUT2D eigenvalue weighted by Crippen LogP contribution is -2.47. The molecule has 1 aliphatic heterocycles. The van der Waals surface area contributed by atoms with E-state index < -0.39 is 11.9 Å². The third-order valence-corrected chi connectivity index (χ3v) is 3.44. The molecule has 1 atom stereocenters. The summed E-state index contributed by atoms with van der Waals surface area (Å²) in [6.07, 6.45) is 5.06. The van der Waals surface area contributed by atoms with Crippen molar-refractivity contribution in [3.8, 4) is 0 Å². The van der Waals surface area contributed by atoms with Crippen LogP contribution in [0.4, 0.5) is 4.79 Å². The first-order chi connectivity index (χ1) is 9.56. The van der Waals surface area contributed by atoms with Crippen LogP contribution < -0.4 is 5.32 Å². The van der Waals surface area contributed by atoms with Crippen LogP contribution in [-0.2, 0) is 11.3 Å². The van der Waals surface area contributed by atoms with Crippen molar-refractivity contribution in [2.75, 3.05) is 19.6 Å². The third-order valence-electron chi connectivity index (χ3n) is 3.44. The fourth-order valence-electron chi connectivity index (χ4n) is 2.34. The van der Waals surface area contributed by atoms with E-state index in [0.717, 1.165) is 12.0 Å². The molecule has 1 aliphatic rings. The number of hydrogen-bond acceptors (Lipinski definition) is 3. The number of carbonyl (C=O) groups excluding carboxylic acids is 1. The summed E-state index contributed by atoms with van der Waals surface area (Å²) in [5, 5.41) is 15.9. The van der Waals surface area contributed by atoms with Gasteiger partial charge in [-0.25, -0.2) is 4.79 Å². The summed E-state index contributed by atoms with van der Waals surface area (Å²) in [5.41, 5.74) is 1.08. The van der Waals surface area contributed by atoms with Gasteiger partial charge in [0, 0.05) is 25.8 Å². The lowest BCUT2D eigenvalue weighted by molar-refractivity contribution is -0.143. The zero-order valence-corrected chi connectivity index (χ0v) is 11.6. The lowest BCUT2D eigenvalue weighted by Gasteiger charge is -2.30. The Balaban J connectivity index is 1.75. The van der Waals surface area contributed by atoms with Crippen LogP contribution in [0.3, 0.4) is 0 Å². The van der Waals surface area contributed by atoms with E-state index in [9.17, 15) is 9.59 Å². The maximum absolute atomic E-state index is 12.0. The fourth-order valence-corrected chi connectivity index (χ4v) is 2.34. The molecule has 2 N–H and O–H groups in total. The van der Waals surface area contributed by atoms with Gasteiger partial charge in [0.2, 0.25) is 0 Å². The van der Waals surface area contributed by atoms with Crippen LogP contribution in [0, 0.1) is 12.8 Å². The molecule has 0 spiro atoms. The number of aliphatic carboxylic acids is 1. The molecule has 2 rings (SSSR count). The lowest BCUT2D eigenvalue weighted by atomic mass is 9.99. The Hall–Kier alpha value is -2.05. The first-order valence-corrected chi connectivity index (χ1v) is 6.81. The van der Waals surface area contributed by atoms with Crippen LogP contribution in [0.15, 0.2) is 12.4 Å². The van der Waals surface area contributed by atoms with Crippen LogP contribution in [0.5, 0.6) is 0 Å². The fraction of sp³-hybridized carbons (Fsp3) is 0.615. The van der Waals surface area contributed by atoms with E-state index in [1.165, 1.54) is 0 Å². The molecule has 1 saturated heterocycles. The molecule has 1 aromatic rings. The number of likely N-dealkylation sites (tertiary alicyclic amines) is 1. The maximum Gasteiger partial charge on any atom is 0.317 e. The van der Waals surface area contributed by atoms with Gasteiger partial charge in [0.15, 0.2) is 0 Å². The standard InChI is InChI=1S/C13H20N4O3/c1-10-7-15-17(8-10)6-4-14-13(20)16-5-2-3-11(9-16)12(18)19/h7-8,11H,2-6,9H2,1H3,(H,14,20)(H,18,19)/t11-/m1/s1. The van der Waals surface area contributed by atoms with E-state index in [1.807, 2.05) is 13.1 Å². The van der Waals surface area contributed by atoms with Crippen molar-refractivity contribution < 1.29 is 14.7 Å². The topological polar surface area (TPSA) is 87.5 Å². The Labute approximate surface area is 117 Å². The zero-order chi connectivity index (χ0) is 14.5. The van der Waals surface area contributed by atoms with E-state index in [2.05, 4.69) is 10.4 Å². The highest BCUT2D eigenvalue weighted by Gasteiger charge is 2.27. The number of aryl methyl sites for hydroxylation is 1. The van der Waals surface area contributed by atoms with Crippen LogP contribution >= 0.6 is 0 Å². The Morgan fingerprint density at radius 3 is 3.00 bits per heavy atom. The first-order valence-electron chi connectivity index (χ1n) is 6.81. The second kappa shape index (κ2) is 6.40. The molecule has 1 aromatic heterocycles. The molecule has 2 amide bonds. The predicted molar refractivity (Wildman–Crippen MR) is 72.3 cm³/mol. The van der Waals surface area contributed by atoms with Crippen molar-refractivity contribution >= 4 is 12.0 Å². The van der Waals surface area contributed by atoms with E-state index in [4.69, 9.17) is 5.11 Å². The molecule has 110 valence electrons. The SMILES string of the molecule is Cc1cnn(CCNC(=O)N2CCC[C@@H](C(=O)O)C2)c1. The second-order valence-electron chi connectivity index (χ2n) is 5.14. The van der Waals surface area contributed by atoms with Gasteiger partial charge in [-0.2, -0.15) is 5.10 Å². The number of hydrogen-bond donors (Lipinski definition) is 2. The molecule has 20 heavy (non-hydrogen) atoms. The highest BCUT2D eigenvalue weighted by atomic mass is 16.4. The Morgan fingerprint density at radius 1 is 1.55 bits per heavy atom. The van der Waals surface area contributed by atoms with Crippen molar-refractivity contribution in [2.45, 2.75) is 26.3 Å². The minimum atomic E-state index is -0.825. The monoisotopic (exact) mass is 280 g/mol. The van der Waals surface area contributed by atoms with Crippen LogP contribution in [0.2, 0.25) is 0 Å².